The minimum absolute atomic E-state index is 0.249. The summed E-state index contributed by atoms with van der Waals surface area (Å²) in [5.41, 5.74) is -1.24. The molecule has 0 aromatic carbocycles. The van der Waals surface area contributed by atoms with E-state index in [0.717, 1.165) is 0 Å². The van der Waals surface area contributed by atoms with Crippen molar-refractivity contribution in [2.45, 2.75) is 44.9 Å². The number of amides is 2. The summed E-state index contributed by atoms with van der Waals surface area (Å²) in [7, 11) is 0. The molecule has 0 aromatic rings. The van der Waals surface area contributed by atoms with Crippen LogP contribution in [0.4, 0.5) is 13.2 Å². The molecular formula is C10H15F3N2O2. The number of halogens is 3. The van der Waals surface area contributed by atoms with Gasteiger partial charge in [-0.2, -0.15) is 13.2 Å². The van der Waals surface area contributed by atoms with Crippen LogP contribution >= 0.6 is 0 Å². The molecule has 1 saturated heterocycles. The van der Waals surface area contributed by atoms with Crippen LogP contribution in [0.1, 0.15) is 27.2 Å². The van der Waals surface area contributed by atoms with Crippen molar-refractivity contribution in [2.24, 2.45) is 0 Å². The molecule has 0 radical (unpaired) electrons. The van der Waals surface area contributed by atoms with Gasteiger partial charge in [0.15, 0.2) is 0 Å². The fourth-order valence-electron chi connectivity index (χ4n) is 1.71. The number of carbonyl (C=O) groups excluding carboxylic acids is 2. The maximum atomic E-state index is 12.3. The highest BCUT2D eigenvalue weighted by Crippen LogP contribution is 2.25. The van der Waals surface area contributed by atoms with Crippen LogP contribution in [0.3, 0.4) is 0 Å². The van der Waals surface area contributed by atoms with Gasteiger partial charge in [0.2, 0.25) is 11.8 Å². The maximum Gasteiger partial charge on any atom is 0.406 e. The number of hydrogen-bond donors (Lipinski definition) is 1. The molecule has 1 rings (SSSR count). The average Bonchev–Trinajstić information content (AvgIpc) is 2.20. The Labute approximate surface area is 97.1 Å². The van der Waals surface area contributed by atoms with E-state index < -0.39 is 36.1 Å². The lowest BCUT2D eigenvalue weighted by Crippen LogP contribution is -2.69. The zero-order valence-electron chi connectivity index (χ0n) is 9.89. The molecule has 0 spiro atoms. The van der Waals surface area contributed by atoms with Gasteiger partial charge < -0.3 is 10.2 Å². The van der Waals surface area contributed by atoms with Crippen LogP contribution in [-0.4, -0.2) is 41.0 Å². The molecule has 0 aromatic heterocycles. The van der Waals surface area contributed by atoms with Gasteiger partial charge >= 0.3 is 6.18 Å². The van der Waals surface area contributed by atoms with E-state index in [9.17, 15) is 22.8 Å². The van der Waals surface area contributed by atoms with Gasteiger partial charge in [-0.15, -0.1) is 0 Å². The second kappa shape index (κ2) is 4.19. The molecule has 2 unspecified atom stereocenters. The van der Waals surface area contributed by atoms with Crippen molar-refractivity contribution >= 4 is 11.8 Å². The molecular weight excluding hydrogens is 237 g/mol. The third-order valence-corrected chi connectivity index (χ3v) is 3.04. The lowest BCUT2D eigenvalue weighted by atomic mass is 9.92. The van der Waals surface area contributed by atoms with Gasteiger partial charge in [-0.3, -0.25) is 9.59 Å². The number of nitrogens with zero attached hydrogens (tertiary/aromatic N) is 1. The van der Waals surface area contributed by atoms with E-state index >= 15 is 0 Å². The number of rotatable bonds is 2. The van der Waals surface area contributed by atoms with Crippen molar-refractivity contribution < 1.29 is 22.8 Å². The summed E-state index contributed by atoms with van der Waals surface area (Å²) in [5.74, 6) is -1.25. The topological polar surface area (TPSA) is 49.4 Å². The predicted octanol–water partition coefficient (Wildman–Crippen LogP) is 1.06. The molecule has 0 bridgehead atoms. The fourth-order valence-corrected chi connectivity index (χ4v) is 1.71. The molecule has 7 heteroatoms. The van der Waals surface area contributed by atoms with E-state index in [0.29, 0.717) is 4.90 Å². The molecule has 1 heterocycles. The highest BCUT2D eigenvalue weighted by Gasteiger charge is 2.48. The highest BCUT2D eigenvalue weighted by atomic mass is 19.4. The summed E-state index contributed by atoms with van der Waals surface area (Å²) in [6, 6.07) is -1.09. The van der Waals surface area contributed by atoms with Crippen LogP contribution in [0, 0.1) is 0 Å². The van der Waals surface area contributed by atoms with E-state index in [2.05, 4.69) is 5.32 Å². The Kier molecular flexibility index (Phi) is 3.40. The van der Waals surface area contributed by atoms with Crippen LogP contribution < -0.4 is 5.32 Å². The van der Waals surface area contributed by atoms with Crippen LogP contribution in [0.2, 0.25) is 0 Å². The molecule has 4 nitrogen and oxygen atoms in total. The highest BCUT2D eigenvalue weighted by molar-refractivity contribution is 5.99. The van der Waals surface area contributed by atoms with E-state index in [1.165, 1.54) is 13.8 Å². The molecule has 1 N–H and O–H groups in total. The van der Waals surface area contributed by atoms with Gasteiger partial charge in [-0.25, -0.2) is 0 Å². The smallest absolute Gasteiger partial charge is 0.340 e. The fraction of sp³-hybridized carbons (Fsp3) is 0.800. The van der Waals surface area contributed by atoms with Gasteiger partial charge in [0, 0.05) is 0 Å². The molecule has 1 aliphatic rings. The molecule has 0 saturated carbocycles. The van der Waals surface area contributed by atoms with Crippen molar-refractivity contribution in [3.05, 3.63) is 0 Å². The third kappa shape index (κ3) is 2.70. The van der Waals surface area contributed by atoms with Crippen molar-refractivity contribution in [1.29, 1.82) is 0 Å². The van der Waals surface area contributed by atoms with Crippen molar-refractivity contribution in [1.82, 2.24) is 10.2 Å². The minimum Gasteiger partial charge on any atom is -0.340 e. The van der Waals surface area contributed by atoms with E-state index in [1.54, 1.807) is 6.92 Å². The van der Waals surface area contributed by atoms with Gasteiger partial charge in [0.05, 0.1) is 0 Å². The summed E-state index contributed by atoms with van der Waals surface area (Å²) >= 11 is 0. The monoisotopic (exact) mass is 252 g/mol. The average molecular weight is 252 g/mol. The van der Waals surface area contributed by atoms with Gasteiger partial charge in [-0.1, -0.05) is 6.92 Å². The lowest BCUT2D eigenvalue weighted by molar-refractivity contribution is -0.176. The zero-order chi connectivity index (χ0) is 13.4. The Hall–Kier alpha value is -1.27. The Bertz CT molecular complexity index is 343. The van der Waals surface area contributed by atoms with E-state index in [4.69, 9.17) is 0 Å². The largest absolute Gasteiger partial charge is 0.406 e. The summed E-state index contributed by atoms with van der Waals surface area (Å²) in [6.07, 6.45) is -4.26. The van der Waals surface area contributed by atoms with Crippen molar-refractivity contribution in [2.75, 3.05) is 6.54 Å². The summed E-state index contributed by atoms with van der Waals surface area (Å²) in [6.45, 7) is 2.96. The number of piperazine rings is 1. The minimum atomic E-state index is -4.50. The number of carbonyl (C=O) groups is 2. The van der Waals surface area contributed by atoms with Crippen molar-refractivity contribution in [3.8, 4) is 0 Å². The quantitative estimate of drug-likeness (QED) is 0.799. The number of alkyl halides is 3. The molecule has 2 atom stereocenters. The first-order valence-corrected chi connectivity index (χ1v) is 5.30. The van der Waals surface area contributed by atoms with Crippen LogP contribution in [0.25, 0.3) is 0 Å². The third-order valence-electron chi connectivity index (χ3n) is 3.04. The SMILES string of the molecule is CCC1(C)NC(=O)C(C)N(CC(F)(F)F)C1=O. The maximum absolute atomic E-state index is 12.3. The molecule has 98 valence electrons. The Morgan fingerprint density at radius 2 is 1.94 bits per heavy atom. The number of nitrogens with one attached hydrogen (secondary N) is 1. The summed E-state index contributed by atoms with van der Waals surface area (Å²) in [4.78, 5) is 24.0. The molecule has 17 heavy (non-hydrogen) atoms. The Balaban J connectivity index is 3.00. The molecule has 1 fully saturated rings. The first-order chi connectivity index (χ1) is 7.60. The molecule has 0 aliphatic carbocycles. The summed E-state index contributed by atoms with van der Waals surface area (Å²) in [5, 5.41) is 2.46. The Morgan fingerprint density at radius 3 is 2.35 bits per heavy atom. The lowest BCUT2D eigenvalue weighted by Gasteiger charge is -2.43. The first-order valence-electron chi connectivity index (χ1n) is 5.30. The van der Waals surface area contributed by atoms with Crippen molar-refractivity contribution in [3.63, 3.8) is 0 Å². The molecule has 2 amide bonds. The van der Waals surface area contributed by atoms with Gasteiger partial charge in [0.1, 0.15) is 18.1 Å². The van der Waals surface area contributed by atoms with Crippen LogP contribution in [-0.2, 0) is 9.59 Å². The van der Waals surface area contributed by atoms with E-state index in [-0.39, 0.29) is 6.42 Å². The Morgan fingerprint density at radius 1 is 1.41 bits per heavy atom. The normalized spacial score (nSPS) is 30.5. The second-order valence-corrected chi connectivity index (χ2v) is 4.40. The standard InChI is InChI=1S/C10H15F3N2O2/c1-4-9(3)8(17)15(5-10(11,12)13)6(2)7(16)14-9/h6H,4-5H2,1-3H3,(H,14,16). The predicted molar refractivity (Wildman–Crippen MR) is 54.1 cm³/mol. The molecule has 1 aliphatic heterocycles. The van der Waals surface area contributed by atoms with E-state index in [1.807, 2.05) is 0 Å². The van der Waals surface area contributed by atoms with Crippen LogP contribution in [0.15, 0.2) is 0 Å². The zero-order valence-corrected chi connectivity index (χ0v) is 9.89. The van der Waals surface area contributed by atoms with Gasteiger partial charge in [-0.05, 0) is 20.3 Å². The van der Waals surface area contributed by atoms with Crippen LogP contribution in [0.5, 0.6) is 0 Å². The van der Waals surface area contributed by atoms with Gasteiger partial charge in [0.25, 0.3) is 0 Å². The summed E-state index contributed by atoms with van der Waals surface area (Å²) < 4.78 is 37.0. The first kappa shape index (κ1) is 13.8. The second-order valence-electron chi connectivity index (χ2n) is 4.40. The number of hydrogen-bond acceptors (Lipinski definition) is 2.